The molecule has 0 amide bonds. The average Bonchev–Trinajstić information content (AvgIpc) is 3.22. The molecule has 0 aliphatic heterocycles. The average molecular weight is 463 g/mol. The Morgan fingerprint density at radius 1 is 1.00 bits per heavy atom. The molecule has 0 radical (unpaired) electrons. The summed E-state index contributed by atoms with van der Waals surface area (Å²) in [7, 11) is 5.38. The van der Waals surface area contributed by atoms with Crippen molar-refractivity contribution >= 4 is 23.7 Å². The molecule has 4 aromatic rings. The van der Waals surface area contributed by atoms with Crippen LogP contribution in [-0.2, 0) is 0 Å². The smallest absolute Gasteiger partial charge is 0.229 e. The lowest BCUT2D eigenvalue weighted by atomic mass is 10.1. The lowest BCUT2D eigenvalue weighted by Crippen LogP contribution is -2.16. The van der Waals surface area contributed by atoms with Gasteiger partial charge in [0.25, 0.3) is 0 Å². The summed E-state index contributed by atoms with van der Waals surface area (Å²) in [6.07, 6.45) is 0. The summed E-state index contributed by atoms with van der Waals surface area (Å²) in [5, 5.41) is 9.61. The molecule has 0 aliphatic rings. The fourth-order valence-corrected chi connectivity index (χ4v) is 4.18. The Balaban J connectivity index is 1.79. The third kappa shape index (κ3) is 4.75. The SMILES string of the molecule is COc1ccccc1-c1nnc(SC(C)c2nc(N)nc(N(C)C)n2)n1-c1ccc(C)cc1. The third-order valence-corrected chi connectivity index (χ3v) is 6.02. The molecule has 2 N–H and O–H groups in total. The predicted molar refractivity (Wildman–Crippen MR) is 131 cm³/mol. The first-order valence-electron chi connectivity index (χ1n) is 10.4. The first-order valence-corrected chi connectivity index (χ1v) is 11.3. The predicted octanol–water partition coefficient (Wildman–Crippen LogP) is 3.94. The van der Waals surface area contributed by atoms with Crippen molar-refractivity contribution in [3.05, 3.63) is 59.9 Å². The zero-order valence-electron chi connectivity index (χ0n) is 19.2. The van der Waals surface area contributed by atoms with E-state index in [1.807, 2.05) is 49.9 Å². The number of rotatable bonds is 7. The number of aromatic nitrogens is 6. The minimum atomic E-state index is -0.145. The number of nitrogens with two attached hydrogens (primary N) is 1. The summed E-state index contributed by atoms with van der Waals surface area (Å²) in [6, 6.07) is 16.0. The number of ether oxygens (including phenoxy) is 1. The van der Waals surface area contributed by atoms with Crippen LogP contribution in [0.25, 0.3) is 17.1 Å². The van der Waals surface area contributed by atoms with Gasteiger partial charge in [-0.3, -0.25) is 4.57 Å². The van der Waals surface area contributed by atoms with Crippen LogP contribution in [-0.4, -0.2) is 50.9 Å². The summed E-state index contributed by atoms with van der Waals surface area (Å²) in [6.45, 7) is 4.07. The molecule has 2 aromatic heterocycles. The van der Waals surface area contributed by atoms with Gasteiger partial charge in [-0.15, -0.1) is 10.2 Å². The maximum absolute atomic E-state index is 5.93. The molecule has 0 bridgehead atoms. The summed E-state index contributed by atoms with van der Waals surface area (Å²) >= 11 is 1.50. The Bertz CT molecular complexity index is 1260. The normalized spacial score (nSPS) is 11.9. The second kappa shape index (κ2) is 9.45. The topological polar surface area (TPSA) is 108 Å². The summed E-state index contributed by atoms with van der Waals surface area (Å²) in [5.74, 6) is 2.69. The standard InChI is InChI=1S/C23H26N8OS/c1-14-10-12-16(13-11-14)31-20(17-8-6-7-9-18(17)32-5)28-29-23(31)33-15(2)19-25-21(24)27-22(26-19)30(3)4/h6-13,15H,1-5H3,(H2,24,25,26,27). The molecule has 33 heavy (non-hydrogen) atoms. The number of hydrogen-bond acceptors (Lipinski definition) is 9. The number of thioether (sulfide) groups is 1. The Kier molecular flexibility index (Phi) is 6.45. The van der Waals surface area contributed by atoms with Gasteiger partial charge in [0.2, 0.25) is 11.9 Å². The second-order valence-corrected chi connectivity index (χ2v) is 8.99. The maximum atomic E-state index is 5.93. The van der Waals surface area contributed by atoms with Gasteiger partial charge in [0, 0.05) is 19.8 Å². The highest BCUT2D eigenvalue weighted by Crippen LogP contribution is 2.38. The molecule has 1 unspecified atom stereocenters. The molecule has 0 saturated heterocycles. The van der Waals surface area contributed by atoms with Crippen LogP contribution in [0, 0.1) is 6.92 Å². The molecule has 170 valence electrons. The van der Waals surface area contributed by atoms with Gasteiger partial charge in [-0.25, -0.2) is 0 Å². The van der Waals surface area contributed by atoms with E-state index in [1.54, 1.807) is 12.0 Å². The van der Waals surface area contributed by atoms with E-state index >= 15 is 0 Å². The van der Waals surface area contributed by atoms with Gasteiger partial charge in [-0.1, -0.05) is 41.6 Å². The highest BCUT2D eigenvalue weighted by molar-refractivity contribution is 7.99. The van der Waals surface area contributed by atoms with E-state index in [4.69, 9.17) is 10.5 Å². The van der Waals surface area contributed by atoms with Gasteiger partial charge in [0.1, 0.15) is 11.6 Å². The first-order chi connectivity index (χ1) is 15.9. The quantitative estimate of drug-likeness (QED) is 0.409. The Morgan fingerprint density at radius 3 is 2.42 bits per heavy atom. The molecular formula is C23H26N8OS. The fraction of sp³-hybridized carbons (Fsp3) is 0.261. The number of para-hydroxylation sites is 1. The number of nitrogens with zero attached hydrogens (tertiary/aromatic N) is 7. The van der Waals surface area contributed by atoms with Gasteiger partial charge >= 0.3 is 0 Å². The van der Waals surface area contributed by atoms with Crippen molar-refractivity contribution in [2.75, 3.05) is 31.8 Å². The van der Waals surface area contributed by atoms with Crippen LogP contribution in [0.1, 0.15) is 23.6 Å². The Labute approximate surface area is 197 Å². The number of anilines is 2. The summed E-state index contributed by atoms with van der Waals surface area (Å²) < 4.78 is 7.61. The number of benzene rings is 2. The fourth-order valence-electron chi connectivity index (χ4n) is 3.27. The molecule has 4 rings (SSSR count). The monoisotopic (exact) mass is 462 g/mol. The minimum absolute atomic E-state index is 0.145. The molecule has 10 heteroatoms. The lowest BCUT2D eigenvalue weighted by molar-refractivity contribution is 0.416. The molecule has 0 saturated carbocycles. The van der Waals surface area contributed by atoms with Crippen molar-refractivity contribution in [1.29, 1.82) is 0 Å². The highest BCUT2D eigenvalue weighted by atomic mass is 32.2. The third-order valence-electron chi connectivity index (χ3n) is 4.98. The summed E-state index contributed by atoms with van der Waals surface area (Å²) in [5.41, 5.74) is 8.90. The molecule has 1 atom stereocenters. The zero-order chi connectivity index (χ0) is 23.5. The van der Waals surface area contributed by atoms with Crippen molar-refractivity contribution in [3.63, 3.8) is 0 Å². The number of methoxy groups -OCH3 is 1. The van der Waals surface area contributed by atoms with Gasteiger partial charge in [-0.05, 0) is 38.1 Å². The molecule has 0 spiro atoms. The van der Waals surface area contributed by atoms with Crippen LogP contribution >= 0.6 is 11.8 Å². The van der Waals surface area contributed by atoms with Gasteiger partial charge in [0.15, 0.2) is 11.0 Å². The van der Waals surface area contributed by atoms with Crippen molar-refractivity contribution in [2.24, 2.45) is 0 Å². The van der Waals surface area contributed by atoms with E-state index in [9.17, 15) is 0 Å². The van der Waals surface area contributed by atoms with Crippen LogP contribution in [0.4, 0.5) is 11.9 Å². The molecule has 0 fully saturated rings. The van der Waals surface area contributed by atoms with Crippen LogP contribution in [0.2, 0.25) is 0 Å². The Hall–Kier alpha value is -3.66. The van der Waals surface area contributed by atoms with E-state index in [0.717, 1.165) is 17.0 Å². The molecule has 2 aromatic carbocycles. The van der Waals surface area contributed by atoms with Gasteiger partial charge in [-0.2, -0.15) is 15.0 Å². The Morgan fingerprint density at radius 2 is 1.73 bits per heavy atom. The highest BCUT2D eigenvalue weighted by Gasteiger charge is 2.23. The van der Waals surface area contributed by atoms with E-state index < -0.39 is 0 Å². The van der Waals surface area contributed by atoms with Gasteiger partial charge in [0.05, 0.1) is 17.9 Å². The van der Waals surface area contributed by atoms with Crippen LogP contribution in [0.15, 0.2) is 53.7 Å². The number of nitrogen functional groups attached to an aromatic ring is 1. The van der Waals surface area contributed by atoms with Crippen molar-refractivity contribution in [1.82, 2.24) is 29.7 Å². The van der Waals surface area contributed by atoms with E-state index in [-0.39, 0.29) is 11.2 Å². The van der Waals surface area contributed by atoms with E-state index in [1.165, 1.54) is 17.3 Å². The minimum Gasteiger partial charge on any atom is -0.496 e. The zero-order valence-corrected chi connectivity index (χ0v) is 20.0. The van der Waals surface area contributed by atoms with Gasteiger partial charge < -0.3 is 15.4 Å². The van der Waals surface area contributed by atoms with Crippen LogP contribution < -0.4 is 15.4 Å². The van der Waals surface area contributed by atoms with E-state index in [2.05, 4.69) is 56.3 Å². The van der Waals surface area contributed by atoms with Crippen LogP contribution in [0.5, 0.6) is 5.75 Å². The first kappa shape index (κ1) is 22.5. The summed E-state index contributed by atoms with van der Waals surface area (Å²) in [4.78, 5) is 14.9. The number of aryl methyl sites for hydroxylation is 1. The second-order valence-electron chi connectivity index (χ2n) is 7.68. The van der Waals surface area contributed by atoms with Crippen LogP contribution in [0.3, 0.4) is 0 Å². The molecular weight excluding hydrogens is 436 g/mol. The maximum Gasteiger partial charge on any atom is 0.229 e. The van der Waals surface area contributed by atoms with E-state index in [0.29, 0.717) is 22.8 Å². The lowest BCUT2D eigenvalue weighted by Gasteiger charge is -2.16. The molecule has 9 nitrogen and oxygen atoms in total. The van der Waals surface area contributed by atoms with Crippen molar-refractivity contribution in [2.45, 2.75) is 24.3 Å². The largest absolute Gasteiger partial charge is 0.496 e. The molecule has 2 heterocycles. The van der Waals surface area contributed by atoms with Crippen molar-refractivity contribution in [3.8, 4) is 22.8 Å². The molecule has 0 aliphatic carbocycles. The number of hydrogen-bond donors (Lipinski definition) is 1. The van der Waals surface area contributed by atoms with Crippen molar-refractivity contribution < 1.29 is 4.74 Å².